The molecule has 0 aliphatic carbocycles. The second kappa shape index (κ2) is 11.2. The Hall–Kier alpha value is -0.640. The summed E-state index contributed by atoms with van der Waals surface area (Å²) in [7, 11) is -1.12. The molecule has 0 N–H and O–H groups in total. The van der Waals surface area contributed by atoms with Crippen molar-refractivity contribution in [2.75, 3.05) is 13.2 Å². The second-order valence-electron chi connectivity index (χ2n) is 4.69. The minimum Gasteiger partial charge on any atom is -0.322 e. The highest BCUT2D eigenvalue weighted by Gasteiger charge is 2.26. The molecule has 0 bridgehead atoms. The van der Waals surface area contributed by atoms with E-state index in [2.05, 4.69) is 44.4 Å². The molecule has 0 aliphatic rings. The van der Waals surface area contributed by atoms with Crippen LogP contribution in [0.15, 0.2) is 0 Å². The molecule has 19 heavy (non-hydrogen) atoms. The molecule has 4 nitrogen and oxygen atoms in total. The van der Waals surface area contributed by atoms with Crippen LogP contribution >= 0.6 is 8.53 Å². The van der Waals surface area contributed by atoms with Gasteiger partial charge < -0.3 is 9.05 Å². The van der Waals surface area contributed by atoms with Crippen LogP contribution < -0.4 is 0 Å². The van der Waals surface area contributed by atoms with Crippen LogP contribution in [0.2, 0.25) is 0 Å². The van der Waals surface area contributed by atoms with Gasteiger partial charge in [0.25, 0.3) is 8.53 Å². The lowest BCUT2D eigenvalue weighted by atomic mass is 10.3. The molecule has 0 aromatic heterocycles. The minimum absolute atomic E-state index is 0.334. The number of hydrogen-bond donors (Lipinski definition) is 0. The van der Waals surface area contributed by atoms with Crippen LogP contribution in [-0.2, 0) is 9.05 Å². The molecule has 0 aromatic carbocycles. The Morgan fingerprint density at radius 2 is 1.68 bits per heavy atom. The number of hydrogen-bond acceptors (Lipinski definition) is 4. The molecule has 0 aliphatic heterocycles. The highest BCUT2D eigenvalue weighted by atomic mass is 31.2. The predicted molar refractivity (Wildman–Crippen MR) is 79.2 cm³/mol. The van der Waals surface area contributed by atoms with E-state index in [0.717, 1.165) is 6.42 Å². The van der Waals surface area contributed by atoms with Crippen molar-refractivity contribution in [2.24, 2.45) is 0 Å². The fourth-order valence-corrected chi connectivity index (χ4v) is 3.26. The summed E-state index contributed by atoms with van der Waals surface area (Å²) in [6.07, 6.45) is 7.15. The Bertz CT molecular complexity index is 300. The van der Waals surface area contributed by atoms with E-state index in [1.165, 1.54) is 0 Å². The minimum atomic E-state index is -1.12. The monoisotopic (exact) mass is 284 g/mol. The first-order valence-corrected chi connectivity index (χ1v) is 7.82. The number of terminal acetylenes is 1. The summed E-state index contributed by atoms with van der Waals surface area (Å²) in [5.74, 6) is 2.60. The van der Waals surface area contributed by atoms with Gasteiger partial charge in [-0.25, -0.2) is 4.67 Å². The van der Waals surface area contributed by atoms with Crippen LogP contribution in [0.4, 0.5) is 0 Å². The van der Waals surface area contributed by atoms with Crippen LogP contribution in [-0.4, -0.2) is 30.0 Å². The van der Waals surface area contributed by atoms with Gasteiger partial charge in [-0.2, -0.15) is 5.26 Å². The van der Waals surface area contributed by atoms with Crippen LogP contribution in [0, 0.1) is 23.7 Å². The fourth-order valence-electron chi connectivity index (χ4n) is 1.63. The summed E-state index contributed by atoms with van der Waals surface area (Å²) < 4.78 is 13.8. The largest absolute Gasteiger partial charge is 0.322 e. The van der Waals surface area contributed by atoms with E-state index in [9.17, 15) is 0 Å². The molecule has 0 fully saturated rings. The zero-order chi connectivity index (χ0) is 14.7. The van der Waals surface area contributed by atoms with E-state index in [1.54, 1.807) is 0 Å². The van der Waals surface area contributed by atoms with E-state index < -0.39 is 8.53 Å². The summed E-state index contributed by atoms with van der Waals surface area (Å²) >= 11 is 0. The lowest BCUT2D eigenvalue weighted by molar-refractivity contribution is 0.175. The fraction of sp³-hybridized carbons (Fsp3) is 0.786. The molecule has 5 heteroatoms. The van der Waals surface area contributed by atoms with E-state index in [-0.39, 0.29) is 0 Å². The molecular weight excluding hydrogens is 259 g/mol. The Balaban J connectivity index is 4.45. The van der Waals surface area contributed by atoms with E-state index >= 15 is 0 Å². The zero-order valence-corrected chi connectivity index (χ0v) is 13.3. The first-order chi connectivity index (χ1) is 9.04. The van der Waals surface area contributed by atoms with Gasteiger partial charge in [0.1, 0.15) is 0 Å². The second-order valence-corrected chi connectivity index (χ2v) is 6.14. The van der Waals surface area contributed by atoms with Gasteiger partial charge in [-0.05, 0) is 34.1 Å². The third-order valence-electron chi connectivity index (χ3n) is 2.33. The highest BCUT2D eigenvalue weighted by molar-refractivity contribution is 7.44. The van der Waals surface area contributed by atoms with Crippen molar-refractivity contribution >= 4 is 8.53 Å². The first-order valence-electron chi connectivity index (χ1n) is 6.69. The summed E-state index contributed by atoms with van der Waals surface area (Å²) in [6, 6.07) is 2.75. The Morgan fingerprint density at radius 3 is 2.16 bits per heavy atom. The van der Waals surface area contributed by atoms with E-state index in [0.29, 0.717) is 38.1 Å². The average Bonchev–Trinajstić information content (AvgIpc) is 2.33. The summed E-state index contributed by atoms with van der Waals surface area (Å²) in [6.45, 7) is 9.48. The average molecular weight is 284 g/mol. The third kappa shape index (κ3) is 8.19. The SMILES string of the molecule is C#CCCCOP(OCCC#N)N(C(C)C)C(C)C. The topological polar surface area (TPSA) is 45.5 Å². The van der Waals surface area contributed by atoms with E-state index in [1.807, 2.05) is 0 Å². The molecule has 0 saturated heterocycles. The van der Waals surface area contributed by atoms with Gasteiger partial charge in [0, 0.05) is 18.5 Å². The van der Waals surface area contributed by atoms with Crippen molar-refractivity contribution in [3.8, 4) is 18.4 Å². The maximum Gasteiger partial charge on any atom is 0.259 e. The zero-order valence-electron chi connectivity index (χ0n) is 12.4. The highest BCUT2D eigenvalue weighted by Crippen LogP contribution is 2.46. The molecule has 0 heterocycles. The van der Waals surface area contributed by atoms with Gasteiger partial charge in [-0.15, -0.1) is 12.3 Å². The predicted octanol–water partition coefficient (Wildman–Crippen LogP) is 3.69. The van der Waals surface area contributed by atoms with Gasteiger partial charge in [-0.3, -0.25) is 0 Å². The van der Waals surface area contributed by atoms with Gasteiger partial charge in [0.15, 0.2) is 0 Å². The number of nitrogens with zero attached hydrogens (tertiary/aromatic N) is 2. The summed E-state index contributed by atoms with van der Waals surface area (Å²) in [5, 5.41) is 8.58. The summed E-state index contributed by atoms with van der Waals surface area (Å²) in [4.78, 5) is 0. The van der Waals surface area contributed by atoms with Crippen LogP contribution in [0.1, 0.15) is 47.0 Å². The summed E-state index contributed by atoms with van der Waals surface area (Å²) in [5.41, 5.74) is 0. The van der Waals surface area contributed by atoms with Gasteiger partial charge in [0.2, 0.25) is 0 Å². The molecule has 1 unspecified atom stereocenters. The smallest absolute Gasteiger partial charge is 0.259 e. The van der Waals surface area contributed by atoms with Crippen LogP contribution in [0.3, 0.4) is 0 Å². The quantitative estimate of drug-likeness (QED) is 0.349. The van der Waals surface area contributed by atoms with Crippen molar-refractivity contribution in [3.63, 3.8) is 0 Å². The maximum absolute atomic E-state index is 8.58. The Morgan fingerprint density at radius 1 is 1.11 bits per heavy atom. The lowest BCUT2D eigenvalue weighted by Crippen LogP contribution is -2.33. The molecule has 0 spiro atoms. The number of rotatable bonds is 10. The first kappa shape index (κ1) is 18.4. The Kier molecular flexibility index (Phi) is 10.8. The standard InChI is InChI=1S/C14H25N2O2P/c1-6-7-8-11-17-19(18-12-9-10-15)16(13(2)3)14(4)5/h1,13-14H,7-9,11-12H2,2-5H3. The molecule has 1 atom stereocenters. The molecule has 0 rings (SSSR count). The molecule has 0 saturated carbocycles. The van der Waals surface area contributed by atoms with Crippen molar-refractivity contribution < 1.29 is 9.05 Å². The van der Waals surface area contributed by atoms with Crippen LogP contribution in [0.25, 0.3) is 0 Å². The Labute approximate surface area is 119 Å². The van der Waals surface area contributed by atoms with Gasteiger partial charge >= 0.3 is 0 Å². The van der Waals surface area contributed by atoms with Crippen molar-refractivity contribution in [1.29, 1.82) is 5.26 Å². The molecule has 0 aromatic rings. The molecule has 0 amide bonds. The lowest BCUT2D eigenvalue weighted by Gasteiger charge is -2.35. The molecule has 108 valence electrons. The van der Waals surface area contributed by atoms with Crippen molar-refractivity contribution in [1.82, 2.24) is 4.67 Å². The van der Waals surface area contributed by atoms with Crippen LogP contribution in [0.5, 0.6) is 0 Å². The number of unbranched alkanes of at least 4 members (excludes halogenated alkanes) is 1. The van der Waals surface area contributed by atoms with Crippen molar-refractivity contribution in [2.45, 2.75) is 59.0 Å². The normalized spacial score (nSPS) is 12.7. The van der Waals surface area contributed by atoms with Gasteiger partial charge in [0.05, 0.1) is 25.7 Å². The molecular formula is C14H25N2O2P. The van der Waals surface area contributed by atoms with E-state index in [4.69, 9.17) is 20.7 Å². The third-order valence-corrected chi connectivity index (χ3v) is 4.44. The number of nitriles is 1. The van der Waals surface area contributed by atoms with Crippen molar-refractivity contribution in [3.05, 3.63) is 0 Å². The molecule has 0 radical (unpaired) electrons. The maximum atomic E-state index is 8.58. The van der Waals surface area contributed by atoms with Gasteiger partial charge in [-0.1, -0.05) is 0 Å².